The van der Waals surface area contributed by atoms with Crippen LogP contribution in [-0.4, -0.2) is 46.7 Å². The molecule has 3 aromatic rings. The highest BCUT2D eigenvalue weighted by atomic mass is 35.5. The molecule has 9 heteroatoms. The molecule has 1 aliphatic carbocycles. The Morgan fingerprint density at radius 3 is 2.55 bits per heavy atom. The zero-order chi connectivity index (χ0) is 26.6. The monoisotopic (exact) mass is 537 g/mol. The first-order valence-electron chi connectivity index (χ1n) is 12.7. The molecule has 1 saturated heterocycles. The van der Waals surface area contributed by atoms with E-state index in [0.29, 0.717) is 41.4 Å². The number of hydrogen-bond donors (Lipinski definition) is 1. The second-order valence-corrected chi connectivity index (χ2v) is 10.9. The number of carbonyl (C=O) groups excluding carboxylic acids is 2. The van der Waals surface area contributed by atoms with Gasteiger partial charge in [0.25, 0.3) is 11.8 Å². The number of alkyl halides is 2. The third-order valence-corrected chi connectivity index (χ3v) is 7.88. The van der Waals surface area contributed by atoms with Gasteiger partial charge in [0.15, 0.2) is 0 Å². The Hall–Kier alpha value is -3.52. The molecule has 196 valence electrons. The van der Waals surface area contributed by atoms with Gasteiger partial charge in [-0.3, -0.25) is 9.59 Å². The van der Waals surface area contributed by atoms with Crippen LogP contribution >= 0.6 is 11.6 Å². The largest absolute Gasteiger partial charge is 0.488 e. The smallest absolute Gasteiger partial charge is 0.282 e. The van der Waals surface area contributed by atoms with E-state index in [1.165, 1.54) is 0 Å². The van der Waals surface area contributed by atoms with Crippen LogP contribution in [0.1, 0.15) is 46.7 Å². The van der Waals surface area contributed by atoms with Crippen LogP contribution in [0, 0.1) is 5.92 Å². The van der Waals surface area contributed by atoms with E-state index in [-0.39, 0.29) is 23.7 Å². The van der Waals surface area contributed by atoms with Crippen molar-refractivity contribution in [2.24, 2.45) is 5.92 Å². The number of benzene rings is 2. The Bertz CT molecular complexity index is 1400. The average Bonchev–Trinajstić information content (AvgIpc) is 3.57. The summed E-state index contributed by atoms with van der Waals surface area (Å²) >= 11 is 6.55. The molecule has 2 N–H and O–H groups in total. The minimum absolute atomic E-state index is 0.0341. The number of nitrogens with two attached hydrogens (primary N) is 1. The first-order chi connectivity index (χ1) is 18.2. The summed E-state index contributed by atoms with van der Waals surface area (Å²) in [6, 6.07) is 14.4. The molecule has 1 unspecified atom stereocenters. The molecule has 6 nitrogen and oxygen atoms in total. The van der Waals surface area contributed by atoms with Crippen molar-refractivity contribution in [1.82, 2.24) is 9.88 Å². The lowest BCUT2D eigenvalue weighted by atomic mass is 9.98. The highest BCUT2D eigenvalue weighted by Gasteiger charge is 2.46. The van der Waals surface area contributed by atoms with Crippen molar-refractivity contribution in [3.63, 3.8) is 0 Å². The van der Waals surface area contributed by atoms with Gasteiger partial charge in [-0.25, -0.2) is 13.8 Å². The Morgan fingerprint density at radius 1 is 1.11 bits per heavy atom. The number of carbonyl (C=O) groups is 2. The van der Waals surface area contributed by atoms with Crippen LogP contribution in [-0.2, 0) is 11.2 Å². The molecule has 3 aliphatic rings. The maximum atomic E-state index is 13.1. The predicted molar refractivity (Wildman–Crippen MR) is 140 cm³/mol. The van der Waals surface area contributed by atoms with Crippen LogP contribution < -0.4 is 10.5 Å². The summed E-state index contributed by atoms with van der Waals surface area (Å²) in [5, 5.41) is 0.493. The lowest BCUT2D eigenvalue weighted by molar-refractivity contribution is -0.120. The fourth-order valence-electron chi connectivity index (χ4n) is 5.40. The Balaban J connectivity index is 1.06. The van der Waals surface area contributed by atoms with Crippen molar-refractivity contribution >= 4 is 29.1 Å². The third kappa shape index (κ3) is 4.85. The number of Topliss-reactive ketones (excluding diaryl/α,β-unsaturated/α-hetero) is 1. The van der Waals surface area contributed by atoms with Crippen molar-refractivity contribution in [2.75, 3.05) is 18.8 Å². The Labute approximate surface area is 223 Å². The summed E-state index contributed by atoms with van der Waals surface area (Å²) < 4.78 is 32.3. The number of ketones is 1. The minimum Gasteiger partial charge on any atom is -0.488 e. The second kappa shape index (κ2) is 9.34. The molecule has 3 atom stereocenters. The summed E-state index contributed by atoms with van der Waals surface area (Å²) in [6.45, 7) is -1.08. The van der Waals surface area contributed by atoms with Crippen molar-refractivity contribution in [3.05, 3.63) is 76.4 Å². The summed E-state index contributed by atoms with van der Waals surface area (Å²) in [4.78, 5) is 30.4. The second-order valence-electron chi connectivity index (χ2n) is 10.5. The van der Waals surface area contributed by atoms with Crippen molar-refractivity contribution in [2.45, 2.75) is 43.6 Å². The summed E-state index contributed by atoms with van der Waals surface area (Å²) in [5.41, 5.74) is 9.79. The number of hydrogen-bond acceptors (Lipinski definition) is 5. The Morgan fingerprint density at radius 2 is 1.87 bits per heavy atom. The highest BCUT2D eigenvalue weighted by Crippen LogP contribution is 2.49. The van der Waals surface area contributed by atoms with Crippen LogP contribution in [0.5, 0.6) is 5.75 Å². The number of rotatable bonds is 7. The van der Waals surface area contributed by atoms with E-state index in [4.69, 9.17) is 22.1 Å². The molecule has 0 bridgehead atoms. The van der Waals surface area contributed by atoms with E-state index < -0.39 is 24.9 Å². The molecular formula is C29H26ClF2N3O3. The van der Waals surface area contributed by atoms with Gasteiger partial charge in [-0.15, -0.1) is 0 Å². The quantitative estimate of drug-likeness (QED) is 0.428. The summed E-state index contributed by atoms with van der Waals surface area (Å²) in [6.07, 6.45) is 4.21. The lowest BCUT2D eigenvalue weighted by Gasteiger charge is -2.38. The maximum Gasteiger partial charge on any atom is 0.282 e. The third-order valence-electron chi connectivity index (χ3n) is 7.60. The number of pyridine rings is 1. The van der Waals surface area contributed by atoms with Gasteiger partial charge in [0.05, 0.1) is 18.1 Å². The van der Waals surface area contributed by atoms with Crippen LogP contribution in [0.25, 0.3) is 11.1 Å². The zero-order valence-electron chi connectivity index (χ0n) is 20.5. The molecule has 2 aromatic carbocycles. The molecule has 1 saturated carbocycles. The van der Waals surface area contributed by atoms with E-state index in [9.17, 15) is 18.4 Å². The van der Waals surface area contributed by atoms with Gasteiger partial charge in [-0.05, 0) is 71.3 Å². The Kier molecular flexibility index (Phi) is 6.10. The number of ether oxygens (including phenoxy) is 1. The molecule has 0 radical (unpaired) electrons. The first-order valence-corrected chi connectivity index (χ1v) is 13.1. The molecule has 38 heavy (non-hydrogen) atoms. The van der Waals surface area contributed by atoms with E-state index in [1.807, 2.05) is 18.2 Å². The number of aromatic nitrogens is 1. The van der Waals surface area contributed by atoms with Gasteiger partial charge < -0.3 is 15.4 Å². The van der Waals surface area contributed by atoms with Gasteiger partial charge in [0.1, 0.15) is 23.5 Å². The van der Waals surface area contributed by atoms with Crippen LogP contribution in [0.4, 0.5) is 14.6 Å². The van der Waals surface area contributed by atoms with E-state index in [1.54, 1.807) is 36.5 Å². The standard InChI is InChI=1S/C29H26ClF2N3O3/c30-24-11-19(16-1-3-17(4-2-16)28(37)35-14-29(31,32)15-35)9-20-10-21(38-27(20)24)6-7-25(36)23-12-22(23)18-5-8-26(33)34-13-18/h1-5,8-9,11,13,21-23H,6-7,10,12,14-15H2,(H2,33,34)/t21?,22-,23+/m0/s1. The fourth-order valence-corrected chi connectivity index (χ4v) is 5.69. The maximum absolute atomic E-state index is 13.1. The first kappa shape index (κ1) is 24.8. The van der Waals surface area contributed by atoms with Gasteiger partial charge in [-0.1, -0.05) is 29.8 Å². The SMILES string of the molecule is Nc1ccc([C@@H]2C[C@H]2C(=O)CCC2Cc3cc(-c4ccc(C(=O)N5CC(F)(F)C5)cc4)cc(Cl)c3O2)cn1. The number of fused-ring (bicyclic) bond motifs is 1. The molecule has 2 aliphatic heterocycles. The number of amides is 1. The van der Waals surface area contributed by atoms with Crippen LogP contribution in [0.3, 0.4) is 0 Å². The minimum atomic E-state index is -2.79. The van der Waals surface area contributed by atoms with E-state index in [2.05, 4.69) is 4.98 Å². The van der Waals surface area contributed by atoms with Gasteiger partial charge in [-0.2, -0.15) is 0 Å². The van der Waals surface area contributed by atoms with Crippen LogP contribution in [0.15, 0.2) is 54.7 Å². The fraction of sp³-hybridized carbons (Fsp3) is 0.345. The molecule has 2 fully saturated rings. The van der Waals surface area contributed by atoms with E-state index in [0.717, 1.165) is 33.6 Å². The highest BCUT2D eigenvalue weighted by molar-refractivity contribution is 6.32. The molecular weight excluding hydrogens is 512 g/mol. The number of anilines is 1. The normalized spacial score (nSPS) is 22.8. The molecule has 1 amide bonds. The molecule has 6 rings (SSSR count). The number of likely N-dealkylation sites (tertiary alicyclic amines) is 1. The summed E-state index contributed by atoms with van der Waals surface area (Å²) in [7, 11) is 0. The van der Waals surface area contributed by atoms with Crippen molar-refractivity contribution in [1.29, 1.82) is 0 Å². The lowest BCUT2D eigenvalue weighted by Crippen LogP contribution is -2.58. The van der Waals surface area contributed by atoms with Gasteiger partial charge >= 0.3 is 0 Å². The molecule has 0 spiro atoms. The number of nitrogens with zero attached hydrogens (tertiary/aromatic N) is 2. The zero-order valence-corrected chi connectivity index (χ0v) is 21.3. The van der Waals surface area contributed by atoms with Crippen molar-refractivity contribution in [3.8, 4) is 16.9 Å². The number of nitrogen functional groups attached to an aromatic ring is 1. The predicted octanol–water partition coefficient (Wildman–Crippen LogP) is 5.53. The number of halogens is 3. The van der Waals surface area contributed by atoms with Crippen LogP contribution in [0.2, 0.25) is 5.02 Å². The van der Waals surface area contributed by atoms with Gasteiger partial charge in [0, 0.05) is 30.5 Å². The van der Waals surface area contributed by atoms with Crippen molar-refractivity contribution < 1.29 is 23.1 Å². The summed E-state index contributed by atoms with van der Waals surface area (Å²) in [5.74, 6) is -1.57. The molecule has 3 heterocycles. The molecule has 1 aromatic heterocycles. The average molecular weight is 538 g/mol. The van der Waals surface area contributed by atoms with Gasteiger partial charge in [0.2, 0.25) is 0 Å². The topological polar surface area (TPSA) is 85.5 Å². The van der Waals surface area contributed by atoms with E-state index >= 15 is 0 Å².